The molecule has 0 saturated heterocycles. The van der Waals surface area contributed by atoms with Crippen molar-refractivity contribution < 1.29 is 19.4 Å². The van der Waals surface area contributed by atoms with Crippen molar-refractivity contribution in [2.24, 2.45) is 5.92 Å². The molecule has 0 aliphatic heterocycles. The molecule has 1 saturated carbocycles. The summed E-state index contributed by atoms with van der Waals surface area (Å²) in [6.45, 7) is 5.65. The molecule has 1 N–H and O–H groups in total. The van der Waals surface area contributed by atoms with Crippen LogP contribution >= 0.6 is 0 Å². The fraction of sp³-hybridized carbons (Fsp3) is 0.882. The molecule has 0 bridgehead atoms. The number of carbonyl (C=O) groups excluding carboxylic acids is 1. The van der Waals surface area contributed by atoms with E-state index in [9.17, 15) is 9.59 Å². The number of amides is 1. The van der Waals surface area contributed by atoms with Gasteiger partial charge in [-0.05, 0) is 58.8 Å². The van der Waals surface area contributed by atoms with Crippen LogP contribution < -0.4 is 0 Å². The number of hydrogen-bond acceptors (Lipinski definition) is 3. The molecule has 1 aliphatic rings. The SMILES string of the molecule is CN(C(=O)OC(C)(C)C)[C@H]1CC[C@H](CCCCC(=O)O)CC1. The van der Waals surface area contributed by atoms with Gasteiger partial charge in [-0.2, -0.15) is 0 Å². The van der Waals surface area contributed by atoms with Gasteiger partial charge in [0.05, 0.1) is 0 Å². The summed E-state index contributed by atoms with van der Waals surface area (Å²) >= 11 is 0. The number of carboxylic acids is 1. The van der Waals surface area contributed by atoms with Gasteiger partial charge < -0.3 is 14.7 Å². The number of rotatable bonds is 6. The van der Waals surface area contributed by atoms with Gasteiger partial charge in [0.1, 0.15) is 5.60 Å². The monoisotopic (exact) mass is 313 g/mol. The molecule has 128 valence electrons. The topological polar surface area (TPSA) is 66.8 Å². The molecule has 0 aromatic heterocycles. The Hall–Kier alpha value is -1.26. The highest BCUT2D eigenvalue weighted by molar-refractivity contribution is 5.68. The maximum absolute atomic E-state index is 12.1. The molecular formula is C17H31NO4. The molecule has 0 atom stereocenters. The van der Waals surface area contributed by atoms with Gasteiger partial charge >= 0.3 is 12.1 Å². The van der Waals surface area contributed by atoms with Crippen molar-refractivity contribution in [3.8, 4) is 0 Å². The van der Waals surface area contributed by atoms with Crippen molar-refractivity contribution in [1.29, 1.82) is 0 Å². The molecular weight excluding hydrogens is 282 g/mol. The van der Waals surface area contributed by atoms with Gasteiger partial charge in [0.2, 0.25) is 0 Å². The number of aliphatic carboxylic acids is 1. The summed E-state index contributed by atoms with van der Waals surface area (Å²) in [7, 11) is 1.83. The van der Waals surface area contributed by atoms with Gasteiger partial charge in [-0.3, -0.25) is 4.79 Å². The molecule has 22 heavy (non-hydrogen) atoms. The van der Waals surface area contributed by atoms with Crippen LogP contribution in [0, 0.1) is 5.92 Å². The zero-order valence-electron chi connectivity index (χ0n) is 14.4. The Bertz CT molecular complexity index is 367. The van der Waals surface area contributed by atoms with E-state index >= 15 is 0 Å². The maximum atomic E-state index is 12.1. The van der Waals surface area contributed by atoms with Gasteiger partial charge in [0.25, 0.3) is 0 Å². The van der Waals surface area contributed by atoms with E-state index in [1.807, 2.05) is 27.8 Å². The largest absolute Gasteiger partial charge is 0.481 e. The number of nitrogens with zero attached hydrogens (tertiary/aromatic N) is 1. The summed E-state index contributed by atoms with van der Waals surface area (Å²) in [5.41, 5.74) is -0.452. The summed E-state index contributed by atoms with van der Waals surface area (Å²) in [6, 6.07) is 0.269. The summed E-state index contributed by atoms with van der Waals surface area (Å²) in [4.78, 5) is 24.3. The number of hydrogen-bond donors (Lipinski definition) is 1. The number of carboxylic acid groups (broad SMARTS) is 1. The molecule has 0 heterocycles. The van der Waals surface area contributed by atoms with E-state index in [1.165, 1.54) is 0 Å². The molecule has 1 fully saturated rings. The van der Waals surface area contributed by atoms with Crippen LogP contribution in [0.4, 0.5) is 4.79 Å². The van der Waals surface area contributed by atoms with E-state index in [0.717, 1.165) is 44.9 Å². The van der Waals surface area contributed by atoms with Crippen molar-refractivity contribution in [3.05, 3.63) is 0 Å². The molecule has 0 spiro atoms. The zero-order valence-corrected chi connectivity index (χ0v) is 14.4. The van der Waals surface area contributed by atoms with Crippen molar-refractivity contribution >= 4 is 12.1 Å². The van der Waals surface area contributed by atoms with E-state index < -0.39 is 11.6 Å². The average molecular weight is 313 g/mol. The maximum Gasteiger partial charge on any atom is 0.410 e. The van der Waals surface area contributed by atoms with Crippen LogP contribution in [0.25, 0.3) is 0 Å². The highest BCUT2D eigenvalue weighted by Gasteiger charge is 2.29. The van der Waals surface area contributed by atoms with Crippen LogP contribution in [0.2, 0.25) is 0 Å². The second kappa shape index (κ2) is 8.39. The molecule has 5 heteroatoms. The minimum absolute atomic E-state index is 0.239. The van der Waals surface area contributed by atoms with Crippen molar-refractivity contribution in [3.63, 3.8) is 0 Å². The number of ether oxygens (including phenoxy) is 1. The molecule has 0 aromatic rings. The third-order valence-corrected chi connectivity index (χ3v) is 4.30. The van der Waals surface area contributed by atoms with Gasteiger partial charge in [-0.15, -0.1) is 0 Å². The van der Waals surface area contributed by atoms with Crippen molar-refractivity contribution in [1.82, 2.24) is 4.90 Å². The summed E-state index contributed by atoms with van der Waals surface area (Å²) in [5.74, 6) is -0.0280. The zero-order chi connectivity index (χ0) is 16.8. The van der Waals surface area contributed by atoms with Gasteiger partial charge in [-0.25, -0.2) is 4.79 Å². The normalized spacial score (nSPS) is 22.2. The van der Waals surface area contributed by atoms with E-state index in [4.69, 9.17) is 9.84 Å². The number of unbranched alkanes of at least 4 members (excludes halogenated alkanes) is 1. The van der Waals surface area contributed by atoms with Crippen LogP contribution in [0.1, 0.15) is 72.1 Å². The van der Waals surface area contributed by atoms with E-state index in [-0.39, 0.29) is 18.6 Å². The first kappa shape index (κ1) is 18.8. The average Bonchev–Trinajstić information content (AvgIpc) is 2.41. The van der Waals surface area contributed by atoms with Crippen LogP contribution in [0.3, 0.4) is 0 Å². The minimum Gasteiger partial charge on any atom is -0.481 e. The van der Waals surface area contributed by atoms with E-state index in [2.05, 4.69) is 0 Å². The first-order valence-corrected chi connectivity index (χ1v) is 8.36. The standard InChI is InChI=1S/C17H31NO4/c1-17(2,3)22-16(21)18(4)14-11-9-13(10-12-14)7-5-6-8-15(19)20/h13-14H,5-12H2,1-4H3,(H,19,20)/t13-,14-. The lowest BCUT2D eigenvalue weighted by Crippen LogP contribution is -2.42. The van der Waals surface area contributed by atoms with Crippen LogP contribution in [0.5, 0.6) is 0 Å². The van der Waals surface area contributed by atoms with Crippen molar-refractivity contribution in [2.45, 2.75) is 83.8 Å². The molecule has 0 radical (unpaired) electrons. The highest BCUT2D eigenvalue weighted by atomic mass is 16.6. The van der Waals surface area contributed by atoms with Gasteiger partial charge in [0, 0.05) is 19.5 Å². The third kappa shape index (κ3) is 7.14. The molecule has 5 nitrogen and oxygen atoms in total. The highest BCUT2D eigenvalue weighted by Crippen LogP contribution is 2.31. The Labute approximate surface area is 134 Å². The quantitative estimate of drug-likeness (QED) is 0.751. The van der Waals surface area contributed by atoms with E-state index in [0.29, 0.717) is 5.92 Å². The predicted octanol–water partition coefficient (Wildman–Crippen LogP) is 4.06. The first-order chi connectivity index (χ1) is 10.2. The van der Waals surface area contributed by atoms with Gasteiger partial charge in [0.15, 0.2) is 0 Å². The predicted molar refractivity (Wildman–Crippen MR) is 85.8 cm³/mol. The Balaban J connectivity index is 2.26. The molecule has 1 rings (SSSR count). The number of carbonyl (C=O) groups is 2. The smallest absolute Gasteiger partial charge is 0.410 e. The summed E-state index contributed by atoms with van der Waals surface area (Å²) < 4.78 is 5.41. The molecule has 1 amide bonds. The Morgan fingerprint density at radius 3 is 2.23 bits per heavy atom. The van der Waals surface area contributed by atoms with Gasteiger partial charge in [-0.1, -0.05) is 12.8 Å². The first-order valence-electron chi connectivity index (χ1n) is 8.36. The van der Waals surface area contributed by atoms with Crippen LogP contribution in [-0.2, 0) is 9.53 Å². The Morgan fingerprint density at radius 1 is 1.14 bits per heavy atom. The Kier molecular flexibility index (Phi) is 7.17. The second-order valence-electron chi connectivity index (χ2n) is 7.41. The molecule has 0 unspecified atom stereocenters. The molecule has 0 aromatic carbocycles. The minimum atomic E-state index is -0.706. The van der Waals surface area contributed by atoms with Crippen LogP contribution in [-0.4, -0.2) is 40.8 Å². The second-order valence-corrected chi connectivity index (χ2v) is 7.41. The fourth-order valence-electron chi connectivity index (χ4n) is 3.01. The van der Waals surface area contributed by atoms with Crippen LogP contribution in [0.15, 0.2) is 0 Å². The van der Waals surface area contributed by atoms with E-state index in [1.54, 1.807) is 4.90 Å². The summed E-state index contributed by atoms with van der Waals surface area (Å²) in [6.07, 6.45) is 7.16. The lowest BCUT2D eigenvalue weighted by Gasteiger charge is -2.35. The third-order valence-electron chi connectivity index (χ3n) is 4.30. The Morgan fingerprint density at radius 2 is 1.73 bits per heavy atom. The lowest BCUT2D eigenvalue weighted by atomic mass is 9.82. The molecule has 1 aliphatic carbocycles. The summed E-state index contributed by atoms with van der Waals surface area (Å²) in [5, 5.41) is 8.63. The fourth-order valence-corrected chi connectivity index (χ4v) is 3.01. The van der Waals surface area contributed by atoms with Crippen molar-refractivity contribution in [2.75, 3.05) is 7.05 Å². The lowest BCUT2D eigenvalue weighted by molar-refractivity contribution is -0.137.